The van der Waals surface area contributed by atoms with Crippen LogP contribution in [-0.2, 0) is 19.1 Å². The molecule has 0 bridgehead atoms. The van der Waals surface area contributed by atoms with Crippen LogP contribution >= 0.6 is 0 Å². The van der Waals surface area contributed by atoms with Gasteiger partial charge < -0.3 is 10.1 Å². The number of carbonyl (C=O) groups is 3. The molecule has 4 atom stereocenters. The summed E-state index contributed by atoms with van der Waals surface area (Å²) >= 11 is 0. The predicted molar refractivity (Wildman–Crippen MR) is 92.7 cm³/mol. The molecule has 8 nitrogen and oxygen atoms in total. The van der Waals surface area contributed by atoms with Gasteiger partial charge in [0.15, 0.2) is 23.6 Å². The number of ether oxygens (including phenoxy) is 1. The lowest BCUT2D eigenvalue weighted by atomic mass is 9.88. The Kier molecular flexibility index (Phi) is 6.93. The van der Waals surface area contributed by atoms with E-state index in [1.54, 1.807) is 6.92 Å². The average molecular weight is 416 g/mol. The quantitative estimate of drug-likeness (QED) is 0.316. The second kappa shape index (κ2) is 9.01. The Hall–Kier alpha value is -2.98. The molecule has 29 heavy (non-hydrogen) atoms. The fourth-order valence-electron chi connectivity index (χ4n) is 3.34. The first-order valence-corrected chi connectivity index (χ1v) is 8.79. The maximum atomic E-state index is 13.6. The summed E-state index contributed by atoms with van der Waals surface area (Å²) in [5.74, 6) is -8.80. The zero-order chi connectivity index (χ0) is 21.9. The number of halogens is 3. The minimum absolute atomic E-state index is 0.113. The molecule has 2 rings (SSSR count). The van der Waals surface area contributed by atoms with Crippen LogP contribution in [0, 0.1) is 45.3 Å². The summed E-state index contributed by atoms with van der Waals surface area (Å²) in [7, 11) is 0. The molecular formula is C18H19F3N2O6. The van der Waals surface area contributed by atoms with Crippen LogP contribution in [0.25, 0.3) is 0 Å². The molecule has 1 aromatic rings. The van der Waals surface area contributed by atoms with Crippen LogP contribution in [0.4, 0.5) is 18.9 Å². The SMILES string of the molecule is C[C@H](OC(=O)C[C@H]1C(=O)C[C@H](C)[C@H]1C[N+](=O)[O-])C(=O)Nc1ccc(F)c(F)c1F. The van der Waals surface area contributed by atoms with Crippen molar-refractivity contribution in [2.75, 3.05) is 11.9 Å². The highest BCUT2D eigenvalue weighted by atomic mass is 19.2. The van der Waals surface area contributed by atoms with Crippen molar-refractivity contribution >= 4 is 23.3 Å². The van der Waals surface area contributed by atoms with Crippen molar-refractivity contribution in [2.45, 2.75) is 32.8 Å². The van der Waals surface area contributed by atoms with Crippen molar-refractivity contribution < 1.29 is 37.2 Å². The fraction of sp³-hybridized carbons (Fsp3) is 0.500. The predicted octanol–water partition coefficient (Wildman–Crippen LogP) is 2.48. The van der Waals surface area contributed by atoms with E-state index < -0.39 is 70.8 Å². The van der Waals surface area contributed by atoms with Gasteiger partial charge >= 0.3 is 5.97 Å². The van der Waals surface area contributed by atoms with E-state index in [1.165, 1.54) is 6.92 Å². The van der Waals surface area contributed by atoms with Gasteiger partial charge in [0.05, 0.1) is 12.1 Å². The number of anilines is 1. The van der Waals surface area contributed by atoms with Gasteiger partial charge in [0.2, 0.25) is 6.54 Å². The average Bonchev–Trinajstić information content (AvgIpc) is 2.88. The summed E-state index contributed by atoms with van der Waals surface area (Å²) in [6, 6.07) is 1.42. The Morgan fingerprint density at radius 1 is 1.31 bits per heavy atom. The van der Waals surface area contributed by atoms with E-state index in [4.69, 9.17) is 4.74 Å². The molecule has 1 aliphatic rings. The van der Waals surface area contributed by atoms with Gasteiger partial charge in [-0.3, -0.25) is 24.5 Å². The number of ketones is 1. The maximum absolute atomic E-state index is 13.6. The topological polar surface area (TPSA) is 116 Å². The summed E-state index contributed by atoms with van der Waals surface area (Å²) in [5, 5.41) is 12.8. The summed E-state index contributed by atoms with van der Waals surface area (Å²) in [6.45, 7) is 2.39. The van der Waals surface area contributed by atoms with E-state index in [9.17, 15) is 37.7 Å². The summed E-state index contributed by atoms with van der Waals surface area (Å²) in [4.78, 5) is 46.4. The van der Waals surface area contributed by atoms with Crippen LogP contribution in [0.5, 0.6) is 0 Å². The van der Waals surface area contributed by atoms with E-state index in [2.05, 4.69) is 0 Å². The molecule has 1 aromatic carbocycles. The van der Waals surface area contributed by atoms with Crippen LogP contribution < -0.4 is 5.32 Å². The van der Waals surface area contributed by atoms with Crippen molar-refractivity contribution in [2.24, 2.45) is 17.8 Å². The Bertz CT molecular complexity index is 847. The Morgan fingerprint density at radius 2 is 1.97 bits per heavy atom. The van der Waals surface area contributed by atoms with Crippen LogP contribution in [0.1, 0.15) is 26.7 Å². The van der Waals surface area contributed by atoms with Crippen molar-refractivity contribution in [1.29, 1.82) is 0 Å². The number of nitro groups is 1. The minimum Gasteiger partial charge on any atom is -0.453 e. The van der Waals surface area contributed by atoms with Gasteiger partial charge in [-0.05, 0) is 25.0 Å². The van der Waals surface area contributed by atoms with Gasteiger partial charge in [0.1, 0.15) is 5.78 Å². The second-order valence-corrected chi connectivity index (χ2v) is 6.98. The number of esters is 1. The van der Waals surface area contributed by atoms with Crippen molar-refractivity contribution in [3.63, 3.8) is 0 Å². The number of benzene rings is 1. The largest absolute Gasteiger partial charge is 0.453 e. The number of hydrogen-bond acceptors (Lipinski definition) is 6. The van der Waals surface area contributed by atoms with Gasteiger partial charge in [0, 0.05) is 23.2 Å². The molecule has 0 unspecified atom stereocenters. The van der Waals surface area contributed by atoms with E-state index >= 15 is 0 Å². The van der Waals surface area contributed by atoms with Gasteiger partial charge in [0.25, 0.3) is 5.91 Å². The van der Waals surface area contributed by atoms with Crippen LogP contribution in [0.3, 0.4) is 0 Å². The Morgan fingerprint density at radius 3 is 2.59 bits per heavy atom. The standard InChI is InChI=1S/C18H19F3N2O6/c1-8-5-14(24)10(11(8)7-23(27)28)6-15(25)29-9(2)18(26)22-13-4-3-12(19)16(20)17(13)21/h3-4,8-11H,5-7H2,1-2H3,(H,22,26)/t8-,9-,10+,11+/m0/s1. The molecule has 1 fully saturated rings. The molecule has 0 radical (unpaired) electrons. The second-order valence-electron chi connectivity index (χ2n) is 6.98. The molecule has 1 N–H and O–H groups in total. The van der Waals surface area contributed by atoms with E-state index in [0.717, 1.165) is 6.07 Å². The zero-order valence-corrected chi connectivity index (χ0v) is 15.6. The number of rotatable bonds is 7. The summed E-state index contributed by atoms with van der Waals surface area (Å²) in [5.41, 5.74) is -0.636. The molecule has 0 saturated heterocycles. The summed E-state index contributed by atoms with van der Waals surface area (Å²) in [6.07, 6.45) is -1.75. The van der Waals surface area contributed by atoms with Gasteiger partial charge in [-0.2, -0.15) is 0 Å². The zero-order valence-electron chi connectivity index (χ0n) is 15.6. The lowest BCUT2D eigenvalue weighted by Gasteiger charge is -2.19. The van der Waals surface area contributed by atoms with Crippen molar-refractivity contribution in [3.05, 3.63) is 39.7 Å². The third-order valence-electron chi connectivity index (χ3n) is 4.90. The van der Waals surface area contributed by atoms with Crippen molar-refractivity contribution in [3.8, 4) is 0 Å². The monoisotopic (exact) mass is 416 g/mol. The number of nitrogens with one attached hydrogen (secondary N) is 1. The molecule has 1 aliphatic carbocycles. The highest BCUT2D eigenvalue weighted by molar-refractivity contribution is 5.95. The summed E-state index contributed by atoms with van der Waals surface area (Å²) < 4.78 is 44.7. The third kappa shape index (κ3) is 5.30. The fourth-order valence-corrected chi connectivity index (χ4v) is 3.34. The maximum Gasteiger partial charge on any atom is 0.307 e. The van der Waals surface area contributed by atoms with E-state index in [-0.39, 0.29) is 18.1 Å². The number of Topliss-reactive ketones (excluding diaryl/α,β-unsaturated/α-hetero) is 1. The van der Waals surface area contributed by atoms with Crippen molar-refractivity contribution in [1.82, 2.24) is 0 Å². The molecule has 1 saturated carbocycles. The minimum atomic E-state index is -1.77. The van der Waals surface area contributed by atoms with Gasteiger partial charge in [-0.15, -0.1) is 0 Å². The Balaban J connectivity index is 1.97. The number of carbonyl (C=O) groups excluding carboxylic acids is 3. The molecular weight excluding hydrogens is 397 g/mol. The molecule has 0 spiro atoms. The molecule has 1 amide bonds. The van der Waals surface area contributed by atoms with Gasteiger partial charge in [-0.25, -0.2) is 13.2 Å². The van der Waals surface area contributed by atoms with E-state index in [0.29, 0.717) is 6.07 Å². The lowest BCUT2D eigenvalue weighted by Crippen LogP contribution is -2.33. The van der Waals surface area contributed by atoms with Crippen LogP contribution in [-0.4, -0.2) is 35.2 Å². The molecule has 0 heterocycles. The Labute approximate surface area is 163 Å². The molecule has 158 valence electrons. The first-order chi connectivity index (χ1) is 13.5. The van der Waals surface area contributed by atoms with Crippen LogP contribution in [0.15, 0.2) is 12.1 Å². The van der Waals surface area contributed by atoms with E-state index in [1.807, 2.05) is 5.32 Å². The third-order valence-corrected chi connectivity index (χ3v) is 4.90. The number of amides is 1. The molecule has 11 heteroatoms. The number of nitrogens with zero attached hydrogens (tertiary/aromatic N) is 1. The first-order valence-electron chi connectivity index (χ1n) is 8.79. The number of hydrogen-bond donors (Lipinski definition) is 1. The molecule has 0 aliphatic heterocycles. The smallest absolute Gasteiger partial charge is 0.307 e. The molecule has 0 aromatic heterocycles. The first kappa shape index (κ1) is 22.3. The van der Waals surface area contributed by atoms with Gasteiger partial charge in [-0.1, -0.05) is 6.92 Å². The van der Waals surface area contributed by atoms with Crippen LogP contribution in [0.2, 0.25) is 0 Å². The highest BCUT2D eigenvalue weighted by Gasteiger charge is 2.44. The lowest BCUT2D eigenvalue weighted by molar-refractivity contribution is -0.490. The normalized spacial score (nSPS) is 22.2. The highest BCUT2D eigenvalue weighted by Crippen LogP contribution is 2.36.